The molecule has 33 heavy (non-hydrogen) atoms. The molecule has 2 amide bonds. The van der Waals surface area contributed by atoms with Gasteiger partial charge in [0, 0.05) is 43.5 Å². The third-order valence-corrected chi connectivity index (χ3v) is 7.62. The van der Waals surface area contributed by atoms with Gasteiger partial charge in [-0.25, -0.2) is 0 Å². The van der Waals surface area contributed by atoms with Crippen LogP contribution in [0.4, 0.5) is 0 Å². The molecular formula is C26H27N3O3S. The molecule has 2 aliphatic rings. The molecule has 170 valence electrons. The van der Waals surface area contributed by atoms with Crippen molar-refractivity contribution in [2.75, 3.05) is 13.1 Å². The molecule has 0 spiro atoms. The Kier molecular flexibility index (Phi) is 6.26. The molecule has 0 saturated carbocycles. The molecule has 5 rings (SSSR count). The Morgan fingerprint density at radius 3 is 2.73 bits per heavy atom. The van der Waals surface area contributed by atoms with E-state index in [1.165, 1.54) is 22.5 Å². The molecule has 7 heteroatoms. The van der Waals surface area contributed by atoms with Crippen molar-refractivity contribution >= 4 is 23.2 Å². The summed E-state index contributed by atoms with van der Waals surface area (Å²) >= 11 is 1.38. The average molecular weight is 462 g/mol. The van der Waals surface area contributed by atoms with E-state index < -0.39 is 6.10 Å². The number of nitrogens with one attached hydrogen (secondary N) is 2. The average Bonchev–Trinajstić information content (AvgIpc) is 3.30. The Morgan fingerprint density at radius 2 is 1.91 bits per heavy atom. The van der Waals surface area contributed by atoms with Crippen molar-refractivity contribution in [3.63, 3.8) is 0 Å². The van der Waals surface area contributed by atoms with Gasteiger partial charge in [0.1, 0.15) is 0 Å². The molecular weight excluding hydrogens is 434 g/mol. The second kappa shape index (κ2) is 9.47. The van der Waals surface area contributed by atoms with Crippen LogP contribution in [-0.4, -0.2) is 47.1 Å². The Hall–Kier alpha value is -3.00. The molecule has 0 aliphatic carbocycles. The lowest BCUT2D eigenvalue weighted by Gasteiger charge is -2.29. The van der Waals surface area contributed by atoms with Crippen molar-refractivity contribution in [2.24, 2.45) is 0 Å². The van der Waals surface area contributed by atoms with Crippen LogP contribution in [0, 0.1) is 0 Å². The Morgan fingerprint density at radius 1 is 1.15 bits per heavy atom. The van der Waals surface area contributed by atoms with E-state index in [0.29, 0.717) is 30.1 Å². The SMILES string of the molecule is O=C(NC[C@@H](O)[C@@H]1Cc2ccccc2CN1)c1cc2c(s1)CCN(Cc1ccccc1)C2=O. The molecule has 3 heterocycles. The van der Waals surface area contributed by atoms with Gasteiger partial charge in [0.2, 0.25) is 0 Å². The standard InChI is InChI=1S/C26H27N3O3S/c30-22(21-12-18-8-4-5-9-19(18)14-27-21)15-28-25(31)24-13-20-23(33-24)10-11-29(26(20)32)16-17-6-2-1-3-7-17/h1-9,13,21-22,27,30H,10-12,14-16H2,(H,28,31)/t21-,22+/m0/s1. The van der Waals surface area contributed by atoms with E-state index in [9.17, 15) is 14.7 Å². The fourth-order valence-electron chi connectivity index (χ4n) is 4.55. The first-order valence-corrected chi connectivity index (χ1v) is 12.1. The molecule has 3 N–H and O–H groups in total. The molecule has 0 saturated heterocycles. The van der Waals surface area contributed by atoms with E-state index in [-0.39, 0.29) is 24.4 Å². The molecule has 0 unspecified atom stereocenters. The van der Waals surface area contributed by atoms with Crippen LogP contribution in [0.1, 0.15) is 41.6 Å². The van der Waals surface area contributed by atoms with Crippen molar-refractivity contribution in [1.29, 1.82) is 0 Å². The summed E-state index contributed by atoms with van der Waals surface area (Å²) in [6, 6.07) is 19.7. The predicted molar refractivity (Wildman–Crippen MR) is 128 cm³/mol. The van der Waals surface area contributed by atoms with Crippen molar-refractivity contribution in [3.8, 4) is 0 Å². The lowest BCUT2D eigenvalue weighted by Crippen LogP contribution is -2.49. The third-order valence-electron chi connectivity index (χ3n) is 6.42. The zero-order valence-electron chi connectivity index (χ0n) is 18.3. The highest BCUT2D eigenvalue weighted by Gasteiger charge is 2.29. The van der Waals surface area contributed by atoms with Crippen LogP contribution in [-0.2, 0) is 25.9 Å². The Bertz CT molecular complexity index is 1160. The first-order valence-electron chi connectivity index (χ1n) is 11.3. The predicted octanol–water partition coefficient (Wildman–Crippen LogP) is 2.75. The maximum absolute atomic E-state index is 13.0. The minimum Gasteiger partial charge on any atom is -0.390 e. The van der Waals surface area contributed by atoms with Crippen LogP contribution >= 0.6 is 11.3 Å². The van der Waals surface area contributed by atoms with Crippen LogP contribution in [0.15, 0.2) is 60.7 Å². The highest BCUT2D eigenvalue weighted by molar-refractivity contribution is 7.14. The van der Waals surface area contributed by atoms with Gasteiger partial charge in [-0.15, -0.1) is 11.3 Å². The molecule has 0 fully saturated rings. The normalized spacial score (nSPS) is 18.4. The first-order chi connectivity index (χ1) is 16.1. The number of amides is 2. The number of nitrogens with zero attached hydrogens (tertiary/aromatic N) is 1. The third kappa shape index (κ3) is 4.71. The van der Waals surface area contributed by atoms with Crippen molar-refractivity contribution < 1.29 is 14.7 Å². The van der Waals surface area contributed by atoms with Gasteiger partial charge in [0.05, 0.1) is 16.5 Å². The van der Waals surface area contributed by atoms with Gasteiger partial charge in [0.15, 0.2) is 0 Å². The highest BCUT2D eigenvalue weighted by atomic mass is 32.1. The topological polar surface area (TPSA) is 81.7 Å². The lowest BCUT2D eigenvalue weighted by atomic mass is 9.93. The number of carbonyl (C=O) groups excluding carboxylic acids is 2. The number of hydrogen-bond donors (Lipinski definition) is 3. The molecule has 2 aliphatic heterocycles. The summed E-state index contributed by atoms with van der Waals surface area (Å²) in [7, 11) is 0. The Balaban J connectivity index is 1.19. The summed E-state index contributed by atoms with van der Waals surface area (Å²) in [6.45, 7) is 2.09. The van der Waals surface area contributed by atoms with Crippen molar-refractivity contribution in [3.05, 3.63) is 92.7 Å². The monoisotopic (exact) mass is 461 g/mol. The van der Waals surface area contributed by atoms with E-state index in [0.717, 1.165) is 23.3 Å². The molecule has 2 atom stereocenters. The smallest absolute Gasteiger partial charge is 0.261 e. The van der Waals surface area contributed by atoms with Crippen LogP contribution < -0.4 is 10.6 Å². The number of aliphatic hydroxyl groups excluding tert-OH is 1. The first kappa shape index (κ1) is 21.8. The van der Waals surface area contributed by atoms with E-state index in [2.05, 4.69) is 22.8 Å². The lowest BCUT2D eigenvalue weighted by molar-refractivity contribution is 0.0729. The van der Waals surface area contributed by atoms with Crippen molar-refractivity contribution in [1.82, 2.24) is 15.5 Å². The molecule has 0 radical (unpaired) electrons. The number of thiophene rings is 1. The zero-order valence-corrected chi connectivity index (χ0v) is 19.1. The molecule has 6 nitrogen and oxygen atoms in total. The van der Waals surface area contributed by atoms with Gasteiger partial charge < -0.3 is 20.6 Å². The van der Waals surface area contributed by atoms with E-state index in [1.807, 2.05) is 47.4 Å². The van der Waals surface area contributed by atoms with Gasteiger partial charge in [0.25, 0.3) is 11.8 Å². The van der Waals surface area contributed by atoms with Crippen LogP contribution in [0.5, 0.6) is 0 Å². The molecule has 1 aromatic heterocycles. The second-order valence-electron chi connectivity index (χ2n) is 8.65. The van der Waals surface area contributed by atoms with E-state index in [4.69, 9.17) is 0 Å². The fourth-order valence-corrected chi connectivity index (χ4v) is 5.61. The van der Waals surface area contributed by atoms with Gasteiger partial charge in [-0.1, -0.05) is 54.6 Å². The highest BCUT2D eigenvalue weighted by Crippen LogP contribution is 2.29. The number of hydrogen-bond acceptors (Lipinski definition) is 5. The van der Waals surface area contributed by atoms with Gasteiger partial charge in [-0.3, -0.25) is 9.59 Å². The van der Waals surface area contributed by atoms with Crippen LogP contribution in [0.25, 0.3) is 0 Å². The minimum atomic E-state index is -0.695. The number of rotatable bonds is 6. The zero-order chi connectivity index (χ0) is 22.8. The van der Waals surface area contributed by atoms with Gasteiger partial charge in [-0.2, -0.15) is 0 Å². The number of benzene rings is 2. The van der Waals surface area contributed by atoms with E-state index >= 15 is 0 Å². The summed E-state index contributed by atoms with van der Waals surface area (Å²) in [5.41, 5.74) is 4.20. The maximum atomic E-state index is 13.0. The summed E-state index contributed by atoms with van der Waals surface area (Å²) < 4.78 is 0. The number of carbonyl (C=O) groups is 2. The summed E-state index contributed by atoms with van der Waals surface area (Å²) in [5.74, 6) is -0.271. The van der Waals surface area contributed by atoms with Crippen molar-refractivity contribution in [2.45, 2.75) is 38.1 Å². The van der Waals surface area contributed by atoms with Crippen LogP contribution in [0.3, 0.4) is 0 Å². The van der Waals surface area contributed by atoms with Gasteiger partial charge in [-0.05, 0) is 29.2 Å². The second-order valence-corrected chi connectivity index (χ2v) is 9.78. The fraction of sp³-hybridized carbons (Fsp3) is 0.308. The number of aliphatic hydroxyl groups is 1. The largest absolute Gasteiger partial charge is 0.390 e. The number of fused-ring (bicyclic) bond motifs is 2. The van der Waals surface area contributed by atoms with Gasteiger partial charge >= 0.3 is 0 Å². The van der Waals surface area contributed by atoms with Crippen LogP contribution in [0.2, 0.25) is 0 Å². The Labute approximate surface area is 197 Å². The maximum Gasteiger partial charge on any atom is 0.261 e. The molecule has 2 aromatic carbocycles. The molecule has 3 aromatic rings. The quantitative estimate of drug-likeness (QED) is 0.527. The summed E-state index contributed by atoms with van der Waals surface area (Å²) in [6.07, 6.45) is 0.784. The van der Waals surface area contributed by atoms with E-state index in [1.54, 1.807) is 6.07 Å². The summed E-state index contributed by atoms with van der Waals surface area (Å²) in [5, 5.41) is 16.9. The molecule has 0 bridgehead atoms. The minimum absolute atomic E-state index is 0.0273. The summed E-state index contributed by atoms with van der Waals surface area (Å²) in [4.78, 5) is 29.1.